The lowest BCUT2D eigenvalue weighted by atomic mass is 9.92. The third kappa shape index (κ3) is 21.3. The zero-order valence-electron chi connectivity index (χ0n) is 48.2. The molecule has 19 heteroatoms. The first-order chi connectivity index (χ1) is 38.0. The van der Waals surface area contributed by atoms with E-state index in [0.29, 0.717) is 80.0 Å². The number of ether oxygens (including phenoxy) is 3. The monoisotopic (exact) mass is 1120 g/mol. The zero-order valence-corrected chi connectivity index (χ0v) is 48.2. The van der Waals surface area contributed by atoms with Crippen molar-refractivity contribution in [2.24, 2.45) is 0 Å². The molecule has 0 aliphatic rings. The molecule has 0 aliphatic carbocycles. The smallest absolute Gasteiger partial charge is 0.417 e. The van der Waals surface area contributed by atoms with Gasteiger partial charge < -0.3 is 50.6 Å². The first-order valence-corrected chi connectivity index (χ1v) is 27.6. The first-order valence-electron chi connectivity index (χ1n) is 27.6. The van der Waals surface area contributed by atoms with Gasteiger partial charge in [0.1, 0.15) is 22.4 Å². The molecule has 4 aromatic rings. The van der Waals surface area contributed by atoms with Gasteiger partial charge in [0.05, 0.1) is 6.61 Å². The summed E-state index contributed by atoms with van der Waals surface area (Å²) in [7, 11) is 0. The summed E-state index contributed by atoms with van der Waals surface area (Å²) < 4.78 is 17.1. The minimum atomic E-state index is -1.59. The summed E-state index contributed by atoms with van der Waals surface area (Å²) in [5, 5.41) is 49.2. The molecule has 0 aliphatic heterocycles. The molecule has 0 heterocycles. The maximum Gasteiger partial charge on any atom is 0.417 e. The number of ketones is 4. The van der Waals surface area contributed by atoms with Crippen LogP contribution in [-0.4, -0.2) is 128 Å². The van der Waals surface area contributed by atoms with E-state index in [2.05, 4.69) is 16.0 Å². The molecule has 0 fully saturated rings. The molecule has 0 bridgehead atoms. The van der Waals surface area contributed by atoms with Crippen LogP contribution >= 0.6 is 0 Å². The Morgan fingerprint density at radius 2 is 0.704 bits per heavy atom. The molecule has 4 rings (SSSR count). The Kier molecular flexibility index (Phi) is 24.9. The van der Waals surface area contributed by atoms with Crippen LogP contribution in [0.15, 0.2) is 97.1 Å². The van der Waals surface area contributed by atoms with Crippen LogP contribution in [-0.2, 0) is 14.2 Å². The number of carbonyl (C=O) groups excluding carboxylic acids is 8. The second-order valence-corrected chi connectivity index (χ2v) is 22.1. The average Bonchev–Trinajstić information content (AvgIpc) is 3.41. The van der Waals surface area contributed by atoms with Gasteiger partial charge in [0.15, 0.2) is 35.3 Å². The van der Waals surface area contributed by atoms with Gasteiger partial charge in [-0.05, 0) is 110 Å². The second-order valence-electron chi connectivity index (χ2n) is 22.1. The molecule has 4 aromatic carbocycles. The highest BCUT2D eigenvalue weighted by atomic mass is 16.6. The van der Waals surface area contributed by atoms with Gasteiger partial charge in [0, 0.05) is 48.4 Å². The minimum Gasteiger partial charge on any atom is -0.449 e. The molecule has 0 saturated heterocycles. The Bertz CT molecular complexity index is 2590. The van der Waals surface area contributed by atoms with Crippen LogP contribution in [0.1, 0.15) is 202 Å². The number of unbranched alkanes of at least 4 members (excludes halogenated alkanes) is 7. The highest BCUT2D eigenvalue weighted by Gasteiger charge is 2.31. The lowest BCUT2D eigenvalue weighted by molar-refractivity contribution is 0.0487. The molecular formula is C62H82N4O15. The standard InChI is InChI=1S/C62H82N4O15/c1-10-11-40-79-58(74)66(39-19-15-14-18-38-65-57(73)81-50(43-24-32-47(33-25-43)53(69)61(6,7)77)44-26-34-48(35-27-44)54(70)62(8,9)78)55(71)63-36-16-12-13-17-37-64-56(72)80-49(41-20-28-45(29-21-41)51(67)59(2,3)75)42-22-30-46(31-23-42)52(68)60(4,5)76/h20-35,49-50,75-78H,10-19,36-40H2,1-9H3,(H,63,71)(H,64,72)(H,65,73). The molecule has 81 heavy (non-hydrogen) atoms. The van der Waals surface area contributed by atoms with E-state index in [9.17, 15) is 58.8 Å². The predicted molar refractivity (Wildman–Crippen MR) is 304 cm³/mol. The summed E-state index contributed by atoms with van der Waals surface area (Å²) in [5.74, 6) is -1.93. The van der Waals surface area contributed by atoms with Crippen LogP contribution in [0.25, 0.3) is 0 Å². The SMILES string of the molecule is CCCCOC(=O)N(CCCCCCNC(=O)OC(c1ccc(C(=O)C(C)(C)O)cc1)c1ccc(C(=O)C(C)(C)O)cc1)C(=O)NCCCCCCNC(=O)OC(c1ccc(C(=O)C(C)(C)O)cc1)c1ccc(C(=O)C(C)(C)O)cc1. The third-order valence-corrected chi connectivity index (χ3v) is 13.0. The van der Waals surface area contributed by atoms with Crippen LogP contribution in [0.4, 0.5) is 19.2 Å². The quantitative estimate of drug-likeness (QED) is 0.0140. The number of amides is 5. The number of aliphatic hydroxyl groups is 4. The van der Waals surface area contributed by atoms with Crippen LogP contribution in [0.2, 0.25) is 0 Å². The topological polar surface area (TPSA) is 284 Å². The van der Waals surface area contributed by atoms with E-state index in [1.165, 1.54) is 104 Å². The van der Waals surface area contributed by atoms with E-state index in [-0.39, 0.29) is 55.0 Å². The summed E-state index contributed by atoms with van der Waals surface area (Å²) in [4.78, 5) is 104. The summed E-state index contributed by atoms with van der Waals surface area (Å²) >= 11 is 0. The molecule has 19 nitrogen and oxygen atoms in total. The summed E-state index contributed by atoms with van der Waals surface area (Å²) in [6, 6.07) is 24.7. The molecule has 0 aromatic heterocycles. The maximum atomic E-state index is 13.3. The Labute approximate surface area is 475 Å². The van der Waals surface area contributed by atoms with Gasteiger partial charge in [-0.3, -0.25) is 19.2 Å². The van der Waals surface area contributed by atoms with Crippen molar-refractivity contribution in [1.29, 1.82) is 0 Å². The van der Waals surface area contributed by atoms with E-state index in [1.54, 1.807) is 48.5 Å². The van der Waals surface area contributed by atoms with E-state index in [0.717, 1.165) is 11.3 Å². The largest absolute Gasteiger partial charge is 0.449 e. The molecule has 5 amide bonds. The van der Waals surface area contributed by atoms with Crippen LogP contribution in [0.3, 0.4) is 0 Å². The van der Waals surface area contributed by atoms with Crippen molar-refractivity contribution in [1.82, 2.24) is 20.9 Å². The molecule has 440 valence electrons. The van der Waals surface area contributed by atoms with Crippen molar-refractivity contribution in [3.05, 3.63) is 142 Å². The van der Waals surface area contributed by atoms with Crippen molar-refractivity contribution in [2.75, 3.05) is 32.8 Å². The normalized spacial score (nSPS) is 11.9. The fourth-order valence-electron chi connectivity index (χ4n) is 8.29. The van der Waals surface area contributed by atoms with Gasteiger partial charge in [0.2, 0.25) is 0 Å². The lowest BCUT2D eigenvalue weighted by Gasteiger charge is -2.21. The summed E-state index contributed by atoms with van der Waals surface area (Å²) in [6.45, 7) is 14.2. The third-order valence-electron chi connectivity index (χ3n) is 13.0. The molecule has 0 saturated carbocycles. The molecule has 0 spiro atoms. The number of alkyl carbamates (subject to hydrolysis) is 2. The van der Waals surface area contributed by atoms with E-state index >= 15 is 0 Å². The number of nitrogens with one attached hydrogen (secondary N) is 3. The van der Waals surface area contributed by atoms with Crippen molar-refractivity contribution >= 4 is 47.4 Å². The van der Waals surface area contributed by atoms with Crippen molar-refractivity contribution in [3.8, 4) is 0 Å². The number of hydrogen-bond acceptors (Lipinski definition) is 15. The van der Waals surface area contributed by atoms with Crippen LogP contribution < -0.4 is 16.0 Å². The van der Waals surface area contributed by atoms with E-state index < -0.39 is 82.1 Å². The number of urea groups is 1. The summed E-state index contributed by atoms with van der Waals surface area (Å²) in [5.41, 5.74) is -3.19. The summed E-state index contributed by atoms with van der Waals surface area (Å²) in [6.07, 6.45) is 2.28. The molecule has 0 atom stereocenters. The van der Waals surface area contributed by atoms with Gasteiger partial charge in [0.25, 0.3) is 0 Å². The maximum absolute atomic E-state index is 13.3. The van der Waals surface area contributed by atoms with Crippen molar-refractivity contribution in [3.63, 3.8) is 0 Å². The number of Topliss-reactive ketones (excluding diaryl/α,β-unsaturated/α-hetero) is 4. The lowest BCUT2D eigenvalue weighted by Crippen LogP contribution is -2.45. The number of carbonyl (C=O) groups is 8. The van der Waals surface area contributed by atoms with E-state index in [1.807, 2.05) is 6.92 Å². The van der Waals surface area contributed by atoms with Crippen LogP contribution in [0, 0.1) is 0 Å². The molecular weight excluding hydrogens is 1040 g/mol. The van der Waals surface area contributed by atoms with Crippen molar-refractivity contribution in [2.45, 2.75) is 161 Å². The molecule has 7 N–H and O–H groups in total. The van der Waals surface area contributed by atoms with Gasteiger partial charge in [-0.25, -0.2) is 24.1 Å². The number of imide groups is 1. The Morgan fingerprint density at radius 1 is 0.420 bits per heavy atom. The number of hydrogen-bond donors (Lipinski definition) is 7. The average molecular weight is 1120 g/mol. The second kappa shape index (κ2) is 30.5. The molecule has 0 radical (unpaired) electrons. The molecule has 0 unspecified atom stereocenters. The number of benzene rings is 4. The highest BCUT2D eigenvalue weighted by Crippen LogP contribution is 2.30. The van der Waals surface area contributed by atoms with Gasteiger partial charge in [-0.1, -0.05) is 136 Å². The van der Waals surface area contributed by atoms with Crippen molar-refractivity contribution < 1.29 is 73.0 Å². The van der Waals surface area contributed by atoms with Gasteiger partial charge in [-0.15, -0.1) is 0 Å². The van der Waals surface area contributed by atoms with Crippen LogP contribution in [0.5, 0.6) is 0 Å². The van der Waals surface area contributed by atoms with Gasteiger partial charge >= 0.3 is 24.3 Å². The first kappa shape index (κ1) is 66.2. The van der Waals surface area contributed by atoms with Gasteiger partial charge in [-0.2, -0.15) is 0 Å². The Morgan fingerprint density at radius 3 is 0.988 bits per heavy atom. The van der Waals surface area contributed by atoms with E-state index in [4.69, 9.17) is 14.2 Å². The Balaban J connectivity index is 1.23. The predicted octanol–water partition coefficient (Wildman–Crippen LogP) is 9.90. The zero-order chi connectivity index (χ0) is 60.1. The minimum absolute atomic E-state index is 0.108. The Hall–Kier alpha value is -7.32. The fraction of sp³-hybridized carbons (Fsp3) is 0.484. The highest BCUT2D eigenvalue weighted by molar-refractivity contribution is 6.03. The number of nitrogens with zero attached hydrogens (tertiary/aromatic N) is 1. The number of rotatable bonds is 31. The fourth-order valence-corrected chi connectivity index (χ4v) is 8.29.